The maximum atomic E-state index is 12.4. The SMILES string of the molecule is Cc1c(C)c(C)c2c(=O)n(C)c(C)c(O)c2c1C. The van der Waals surface area contributed by atoms with Crippen molar-refractivity contribution in [2.75, 3.05) is 0 Å². The normalized spacial score (nSPS) is 11.2. The molecular formula is C15H19NO2. The standard InChI is InChI=1S/C15H19NO2/c1-7-8(2)10(4)13-12(9(7)3)14(17)11(5)16(6)15(13)18/h17H,1-6H3. The van der Waals surface area contributed by atoms with Crippen LogP contribution < -0.4 is 5.56 Å². The second-order valence-corrected chi connectivity index (χ2v) is 5.05. The summed E-state index contributed by atoms with van der Waals surface area (Å²) >= 11 is 0. The van der Waals surface area contributed by atoms with Crippen LogP contribution in [0, 0.1) is 34.6 Å². The Kier molecular flexibility index (Phi) is 2.73. The van der Waals surface area contributed by atoms with Gasteiger partial charge in [-0.15, -0.1) is 0 Å². The van der Waals surface area contributed by atoms with Gasteiger partial charge in [0, 0.05) is 12.4 Å². The molecule has 0 aliphatic heterocycles. The van der Waals surface area contributed by atoms with E-state index in [0.717, 1.165) is 22.3 Å². The number of fused-ring (bicyclic) bond motifs is 1. The molecule has 0 amide bonds. The first kappa shape index (κ1) is 12.7. The molecule has 0 bridgehead atoms. The highest BCUT2D eigenvalue weighted by molar-refractivity contribution is 5.95. The summed E-state index contributed by atoms with van der Waals surface area (Å²) in [7, 11) is 1.70. The molecule has 3 heteroatoms. The Labute approximate surface area is 107 Å². The summed E-state index contributed by atoms with van der Waals surface area (Å²) in [4.78, 5) is 12.4. The minimum Gasteiger partial charge on any atom is -0.505 e. The Morgan fingerprint density at radius 3 is 1.78 bits per heavy atom. The van der Waals surface area contributed by atoms with Gasteiger partial charge in [0.25, 0.3) is 5.56 Å². The largest absolute Gasteiger partial charge is 0.505 e. The third-order valence-corrected chi connectivity index (χ3v) is 4.29. The number of aryl methyl sites for hydroxylation is 2. The third kappa shape index (κ3) is 1.40. The predicted octanol–water partition coefficient (Wildman–Crippen LogP) is 2.79. The van der Waals surface area contributed by atoms with Gasteiger partial charge < -0.3 is 9.67 Å². The van der Waals surface area contributed by atoms with Gasteiger partial charge in [0.1, 0.15) is 5.75 Å². The van der Waals surface area contributed by atoms with Crippen molar-refractivity contribution in [3.05, 3.63) is 38.3 Å². The number of aromatic hydroxyl groups is 1. The molecule has 96 valence electrons. The lowest BCUT2D eigenvalue weighted by atomic mass is 9.91. The highest BCUT2D eigenvalue weighted by Gasteiger charge is 2.18. The van der Waals surface area contributed by atoms with Gasteiger partial charge >= 0.3 is 0 Å². The van der Waals surface area contributed by atoms with E-state index in [2.05, 4.69) is 0 Å². The molecule has 2 rings (SSSR count). The molecule has 0 unspecified atom stereocenters. The minimum atomic E-state index is -0.0380. The van der Waals surface area contributed by atoms with Crippen LogP contribution in [0.2, 0.25) is 0 Å². The van der Waals surface area contributed by atoms with E-state index in [4.69, 9.17) is 0 Å². The van der Waals surface area contributed by atoms with Crippen LogP contribution >= 0.6 is 0 Å². The van der Waals surface area contributed by atoms with Crippen LogP contribution in [-0.2, 0) is 7.05 Å². The second kappa shape index (κ2) is 3.87. The maximum absolute atomic E-state index is 12.4. The first-order chi connectivity index (χ1) is 8.29. The van der Waals surface area contributed by atoms with Gasteiger partial charge in [-0.3, -0.25) is 4.79 Å². The van der Waals surface area contributed by atoms with Gasteiger partial charge in [0.15, 0.2) is 0 Å². The number of hydrogen-bond acceptors (Lipinski definition) is 2. The molecule has 18 heavy (non-hydrogen) atoms. The van der Waals surface area contributed by atoms with Crippen LogP contribution in [0.1, 0.15) is 27.9 Å². The predicted molar refractivity (Wildman–Crippen MR) is 74.5 cm³/mol. The van der Waals surface area contributed by atoms with Crippen LogP contribution in [0.15, 0.2) is 4.79 Å². The number of rotatable bonds is 0. The fraction of sp³-hybridized carbons (Fsp3) is 0.400. The van der Waals surface area contributed by atoms with Crippen molar-refractivity contribution < 1.29 is 5.11 Å². The molecule has 0 aliphatic carbocycles. The van der Waals surface area contributed by atoms with Crippen molar-refractivity contribution in [3.63, 3.8) is 0 Å². The monoisotopic (exact) mass is 245 g/mol. The number of aromatic nitrogens is 1. The van der Waals surface area contributed by atoms with Crippen LogP contribution in [0.25, 0.3) is 10.8 Å². The zero-order valence-corrected chi connectivity index (χ0v) is 11.8. The summed E-state index contributed by atoms with van der Waals surface area (Å²) in [5, 5.41) is 11.7. The van der Waals surface area contributed by atoms with Crippen molar-refractivity contribution in [2.45, 2.75) is 34.6 Å². The zero-order valence-electron chi connectivity index (χ0n) is 11.8. The highest BCUT2D eigenvalue weighted by Crippen LogP contribution is 2.34. The third-order valence-electron chi connectivity index (χ3n) is 4.29. The van der Waals surface area contributed by atoms with Gasteiger partial charge in [0.05, 0.1) is 11.1 Å². The fourth-order valence-corrected chi connectivity index (χ4v) is 2.54. The molecule has 0 aliphatic rings. The first-order valence-electron chi connectivity index (χ1n) is 6.07. The highest BCUT2D eigenvalue weighted by atomic mass is 16.3. The average molecular weight is 245 g/mol. The Bertz CT molecular complexity index is 716. The summed E-state index contributed by atoms with van der Waals surface area (Å²) in [5.41, 5.74) is 4.79. The molecule has 1 N–H and O–H groups in total. The molecule has 0 atom stereocenters. The van der Waals surface area contributed by atoms with Gasteiger partial charge in [-0.25, -0.2) is 0 Å². The van der Waals surface area contributed by atoms with Crippen LogP contribution in [0.3, 0.4) is 0 Å². The number of benzene rings is 1. The van der Waals surface area contributed by atoms with Crippen molar-refractivity contribution in [1.82, 2.24) is 4.57 Å². The van der Waals surface area contributed by atoms with Crippen LogP contribution in [0.5, 0.6) is 5.75 Å². The summed E-state index contributed by atoms with van der Waals surface area (Å²) in [6.07, 6.45) is 0. The van der Waals surface area contributed by atoms with E-state index in [1.807, 2.05) is 27.7 Å². The molecule has 0 saturated carbocycles. The Morgan fingerprint density at radius 1 is 0.833 bits per heavy atom. The molecule has 1 aromatic carbocycles. The second-order valence-electron chi connectivity index (χ2n) is 5.05. The number of pyridine rings is 1. The number of hydrogen-bond donors (Lipinski definition) is 1. The van der Waals surface area contributed by atoms with Crippen molar-refractivity contribution >= 4 is 10.8 Å². The van der Waals surface area contributed by atoms with Crippen molar-refractivity contribution in [1.29, 1.82) is 0 Å². The van der Waals surface area contributed by atoms with Crippen molar-refractivity contribution in [3.8, 4) is 5.75 Å². The molecule has 1 heterocycles. The first-order valence-corrected chi connectivity index (χ1v) is 6.07. The summed E-state index contributed by atoms with van der Waals surface area (Å²) in [6, 6.07) is 0. The van der Waals surface area contributed by atoms with Crippen LogP contribution in [-0.4, -0.2) is 9.67 Å². The molecule has 0 saturated heterocycles. The van der Waals surface area contributed by atoms with E-state index in [9.17, 15) is 9.90 Å². The van der Waals surface area contributed by atoms with E-state index in [-0.39, 0.29) is 11.3 Å². The molecule has 0 fully saturated rings. The van der Waals surface area contributed by atoms with E-state index in [0.29, 0.717) is 16.5 Å². The molecular weight excluding hydrogens is 226 g/mol. The Balaban J connectivity index is 3.28. The van der Waals surface area contributed by atoms with E-state index < -0.39 is 0 Å². The topological polar surface area (TPSA) is 42.2 Å². The Hall–Kier alpha value is -1.77. The van der Waals surface area contributed by atoms with Gasteiger partial charge in [-0.05, 0) is 56.9 Å². The van der Waals surface area contributed by atoms with Crippen molar-refractivity contribution in [2.24, 2.45) is 7.05 Å². The van der Waals surface area contributed by atoms with Gasteiger partial charge in [-0.2, -0.15) is 0 Å². The molecule has 0 spiro atoms. The van der Waals surface area contributed by atoms with Gasteiger partial charge in [-0.1, -0.05) is 0 Å². The quantitative estimate of drug-likeness (QED) is 0.775. The summed E-state index contributed by atoms with van der Waals surface area (Å²) < 4.78 is 1.51. The Morgan fingerprint density at radius 2 is 1.28 bits per heavy atom. The average Bonchev–Trinajstić information content (AvgIpc) is 2.35. The maximum Gasteiger partial charge on any atom is 0.258 e. The smallest absolute Gasteiger partial charge is 0.258 e. The molecule has 2 aromatic rings. The lowest BCUT2D eigenvalue weighted by Crippen LogP contribution is -2.21. The van der Waals surface area contributed by atoms with E-state index in [1.165, 1.54) is 4.57 Å². The number of nitrogens with zero attached hydrogens (tertiary/aromatic N) is 1. The minimum absolute atomic E-state index is 0.0380. The van der Waals surface area contributed by atoms with E-state index >= 15 is 0 Å². The molecule has 3 nitrogen and oxygen atoms in total. The fourth-order valence-electron chi connectivity index (χ4n) is 2.54. The summed E-state index contributed by atoms with van der Waals surface area (Å²) in [5.74, 6) is 0.218. The van der Waals surface area contributed by atoms with Gasteiger partial charge in [0.2, 0.25) is 0 Å². The lowest BCUT2D eigenvalue weighted by Gasteiger charge is -2.17. The lowest BCUT2D eigenvalue weighted by molar-refractivity contribution is 0.468. The molecule has 0 radical (unpaired) electrons. The van der Waals surface area contributed by atoms with E-state index in [1.54, 1.807) is 14.0 Å². The molecule has 1 aromatic heterocycles. The van der Waals surface area contributed by atoms with Crippen LogP contribution in [0.4, 0.5) is 0 Å². The summed E-state index contributed by atoms with van der Waals surface area (Å²) in [6.45, 7) is 9.72. The zero-order chi connectivity index (χ0) is 13.8.